The van der Waals surface area contributed by atoms with Crippen LogP contribution >= 0.6 is 11.8 Å². The van der Waals surface area contributed by atoms with Crippen LogP contribution in [-0.2, 0) is 16.0 Å². The van der Waals surface area contributed by atoms with Gasteiger partial charge in [-0.25, -0.2) is 14.3 Å². The van der Waals surface area contributed by atoms with Gasteiger partial charge in [0.1, 0.15) is 11.3 Å². The van der Waals surface area contributed by atoms with E-state index < -0.39 is 11.9 Å². The van der Waals surface area contributed by atoms with Gasteiger partial charge in [0.25, 0.3) is 0 Å². The minimum absolute atomic E-state index is 0.0460. The molecule has 0 bridgehead atoms. The van der Waals surface area contributed by atoms with Crippen LogP contribution in [0.15, 0.2) is 54.6 Å². The standard InChI is InChI=1S/C24H25N3O4S/c1-30-23(28)20-21(19-11-7-6-8-17(19)16-26-12-14-32-15-13-26)25-27(22(20)24(29)31-2)18-9-4-3-5-10-18/h3-11H,12-16H2,1-2H3. The Balaban J connectivity index is 1.90. The van der Waals surface area contributed by atoms with E-state index in [0.29, 0.717) is 11.4 Å². The van der Waals surface area contributed by atoms with Gasteiger partial charge in [-0.05, 0) is 17.7 Å². The monoisotopic (exact) mass is 451 g/mol. The van der Waals surface area contributed by atoms with Gasteiger partial charge in [-0.2, -0.15) is 16.9 Å². The van der Waals surface area contributed by atoms with Gasteiger partial charge in [-0.1, -0.05) is 42.5 Å². The molecule has 2 aromatic carbocycles. The van der Waals surface area contributed by atoms with E-state index >= 15 is 0 Å². The summed E-state index contributed by atoms with van der Waals surface area (Å²) >= 11 is 1.96. The molecule has 32 heavy (non-hydrogen) atoms. The molecule has 0 unspecified atom stereocenters. The first kappa shape index (κ1) is 22.1. The van der Waals surface area contributed by atoms with Gasteiger partial charge in [0.15, 0.2) is 5.69 Å². The fraction of sp³-hybridized carbons (Fsp3) is 0.292. The molecular weight excluding hydrogens is 426 g/mol. The van der Waals surface area contributed by atoms with Crippen molar-refractivity contribution >= 4 is 23.7 Å². The number of benzene rings is 2. The molecule has 4 rings (SSSR count). The lowest BCUT2D eigenvalue weighted by molar-refractivity contribution is 0.0549. The molecule has 1 saturated heterocycles. The zero-order valence-electron chi connectivity index (χ0n) is 18.1. The molecule has 8 heteroatoms. The molecule has 0 aliphatic carbocycles. The summed E-state index contributed by atoms with van der Waals surface area (Å²) in [6.45, 7) is 2.76. The number of methoxy groups -OCH3 is 2. The Bertz CT molecular complexity index is 1110. The summed E-state index contributed by atoms with van der Waals surface area (Å²) < 4.78 is 11.5. The lowest BCUT2D eigenvalue weighted by Gasteiger charge is -2.26. The van der Waals surface area contributed by atoms with Crippen LogP contribution in [0.4, 0.5) is 0 Å². The van der Waals surface area contributed by atoms with Gasteiger partial charge in [0, 0.05) is 36.7 Å². The second-order valence-electron chi connectivity index (χ2n) is 7.35. The number of carbonyl (C=O) groups is 2. The minimum Gasteiger partial charge on any atom is -0.465 e. The maximum absolute atomic E-state index is 12.9. The van der Waals surface area contributed by atoms with Crippen molar-refractivity contribution in [2.24, 2.45) is 0 Å². The number of rotatable bonds is 6. The number of thioether (sulfide) groups is 1. The van der Waals surface area contributed by atoms with Gasteiger partial charge < -0.3 is 9.47 Å². The summed E-state index contributed by atoms with van der Waals surface area (Å²) in [5.74, 6) is 0.917. The topological polar surface area (TPSA) is 73.7 Å². The van der Waals surface area contributed by atoms with Crippen molar-refractivity contribution in [3.8, 4) is 16.9 Å². The van der Waals surface area contributed by atoms with Gasteiger partial charge in [0.2, 0.25) is 0 Å². The number of hydrogen-bond donors (Lipinski definition) is 0. The lowest BCUT2D eigenvalue weighted by Crippen LogP contribution is -2.32. The van der Waals surface area contributed by atoms with E-state index in [4.69, 9.17) is 14.6 Å². The Hall–Kier alpha value is -3.10. The fourth-order valence-corrected chi connectivity index (χ4v) is 4.81. The summed E-state index contributed by atoms with van der Waals surface area (Å²) in [5.41, 5.74) is 3.04. The molecule has 1 aliphatic rings. The molecule has 1 fully saturated rings. The number of hydrogen-bond acceptors (Lipinski definition) is 7. The molecule has 0 radical (unpaired) electrons. The number of nitrogens with zero attached hydrogens (tertiary/aromatic N) is 3. The van der Waals surface area contributed by atoms with E-state index in [1.807, 2.05) is 66.4 Å². The van der Waals surface area contributed by atoms with Crippen molar-refractivity contribution < 1.29 is 19.1 Å². The molecule has 166 valence electrons. The summed E-state index contributed by atoms with van der Waals surface area (Å²) in [6.07, 6.45) is 0. The Morgan fingerprint density at radius 1 is 0.938 bits per heavy atom. The van der Waals surface area contributed by atoms with Crippen LogP contribution in [0.25, 0.3) is 16.9 Å². The highest BCUT2D eigenvalue weighted by molar-refractivity contribution is 7.99. The maximum atomic E-state index is 12.9. The second kappa shape index (κ2) is 10.0. The predicted molar refractivity (Wildman–Crippen MR) is 124 cm³/mol. The summed E-state index contributed by atoms with van der Waals surface area (Å²) in [5, 5.41) is 4.73. The number of para-hydroxylation sites is 1. The highest BCUT2D eigenvalue weighted by Gasteiger charge is 2.32. The Morgan fingerprint density at radius 3 is 2.28 bits per heavy atom. The van der Waals surface area contributed by atoms with Crippen LogP contribution < -0.4 is 0 Å². The molecule has 3 aromatic rings. The normalized spacial score (nSPS) is 14.2. The summed E-state index contributed by atoms with van der Waals surface area (Å²) in [4.78, 5) is 28.1. The highest BCUT2D eigenvalue weighted by atomic mass is 32.2. The molecular formula is C24H25N3O4S. The Morgan fingerprint density at radius 2 is 1.59 bits per heavy atom. The number of aromatic nitrogens is 2. The second-order valence-corrected chi connectivity index (χ2v) is 8.57. The van der Waals surface area contributed by atoms with E-state index in [1.165, 1.54) is 18.9 Å². The summed E-state index contributed by atoms with van der Waals surface area (Å²) in [6, 6.07) is 17.1. The molecule has 0 spiro atoms. The number of carbonyl (C=O) groups excluding carboxylic acids is 2. The molecule has 0 saturated carbocycles. The quantitative estimate of drug-likeness (QED) is 0.530. The van der Waals surface area contributed by atoms with Crippen LogP contribution in [0.5, 0.6) is 0 Å². The van der Waals surface area contributed by atoms with Crippen LogP contribution in [0, 0.1) is 0 Å². The first-order chi connectivity index (χ1) is 15.6. The SMILES string of the molecule is COC(=O)c1c(-c2ccccc2CN2CCSCC2)nn(-c2ccccc2)c1C(=O)OC. The van der Waals surface area contributed by atoms with E-state index in [-0.39, 0.29) is 11.3 Å². The first-order valence-electron chi connectivity index (χ1n) is 10.4. The van der Waals surface area contributed by atoms with E-state index in [2.05, 4.69) is 4.90 Å². The molecule has 1 aromatic heterocycles. The molecule has 1 aliphatic heterocycles. The minimum atomic E-state index is -0.654. The average Bonchev–Trinajstić information content (AvgIpc) is 3.25. The van der Waals surface area contributed by atoms with Gasteiger partial charge >= 0.3 is 11.9 Å². The molecule has 2 heterocycles. The van der Waals surface area contributed by atoms with E-state index in [9.17, 15) is 9.59 Å². The summed E-state index contributed by atoms with van der Waals surface area (Å²) in [7, 11) is 2.58. The number of ether oxygens (including phenoxy) is 2. The smallest absolute Gasteiger partial charge is 0.357 e. The van der Waals surface area contributed by atoms with Gasteiger partial charge in [-0.3, -0.25) is 4.90 Å². The largest absolute Gasteiger partial charge is 0.465 e. The highest BCUT2D eigenvalue weighted by Crippen LogP contribution is 2.32. The van der Waals surface area contributed by atoms with Crippen LogP contribution in [0.3, 0.4) is 0 Å². The Kier molecular flexibility index (Phi) is 6.92. The van der Waals surface area contributed by atoms with Crippen molar-refractivity contribution in [2.75, 3.05) is 38.8 Å². The number of esters is 2. The van der Waals surface area contributed by atoms with E-state index in [0.717, 1.165) is 42.3 Å². The van der Waals surface area contributed by atoms with Crippen molar-refractivity contribution in [1.82, 2.24) is 14.7 Å². The molecule has 0 N–H and O–H groups in total. The third kappa shape index (κ3) is 4.42. The maximum Gasteiger partial charge on any atom is 0.357 e. The molecule has 0 amide bonds. The Labute approximate surface area is 191 Å². The van der Waals surface area contributed by atoms with Crippen LogP contribution in [0.2, 0.25) is 0 Å². The first-order valence-corrected chi connectivity index (χ1v) is 11.5. The molecule has 0 atom stereocenters. The zero-order chi connectivity index (χ0) is 22.5. The van der Waals surface area contributed by atoms with Gasteiger partial charge in [-0.15, -0.1) is 0 Å². The van der Waals surface area contributed by atoms with Crippen LogP contribution in [-0.4, -0.2) is 65.4 Å². The van der Waals surface area contributed by atoms with Crippen molar-refractivity contribution in [1.29, 1.82) is 0 Å². The van der Waals surface area contributed by atoms with Crippen molar-refractivity contribution in [3.63, 3.8) is 0 Å². The van der Waals surface area contributed by atoms with Crippen LogP contribution in [0.1, 0.15) is 26.4 Å². The molecule has 7 nitrogen and oxygen atoms in total. The van der Waals surface area contributed by atoms with E-state index in [1.54, 1.807) is 0 Å². The zero-order valence-corrected chi connectivity index (χ0v) is 18.9. The van der Waals surface area contributed by atoms with Gasteiger partial charge in [0.05, 0.1) is 19.9 Å². The third-order valence-electron chi connectivity index (χ3n) is 5.42. The lowest BCUT2D eigenvalue weighted by atomic mass is 9.99. The van der Waals surface area contributed by atoms with Crippen molar-refractivity contribution in [3.05, 3.63) is 71.4 Å². The average molecular weight is 452 g/mol. The predicted octanol–water partition coefficient (Wildman–Crippen LogP) is 3.66. The third-order valence-corrected chi connectivity index (χ3v) is 6.37. The fourth-order valence-electron chi connectivity index (χ4n) is 3.83. The van der Waals surface area contributed by atoms with Crippen molar-refractivity contribution in [2.45, 2.75) is 6.54 Å².